The molecule has 6 heteroatoms. The van der Waals surface area contributed by atoms with Crippen molar-refractivity contribution in [1.29, 1.82) is 0 Å². The second-order valence-electron chi connectivity index (χ2n) is 5.00. The van der Waals surface area contributed by atoms with Gasteiger partial charge in [-0.15, -0.1) is 0 Å². The molecule has 5 nitrogen and oxygen atoms in total. The van der Waals surface area contributed by atoms with Crippen LogP contribution in [0.25, 0.3) is 0 Å². The van der Waals surface area contributed by atoms with Crippen LogP contribution >= 0.6 is 11.6 Å². The van der Waals surface area contributed by atoms with E-state index in [1.54, 1.807) is 6.07 Å². The van der Waals surface area contributed by atoms with Crippen molar-refractivity contribution in [3.63, 3.8) is 0 Å². The van der Waals surface area contributed by atoms with Gasteiger partial charge in [-0.25, -0.2) is 4.79 Å². The molecule has 0 radical (unpaired) electrons. The van der Waals surface area contributed by atoms with Crippen molar-refractivity contribution in [2.24, 2.45) is 0 Å². The maximum Gasteiger partial charge on any atom is 0.337 e. The van der Waals surface area contributed by atoms with E-state index in [9.17, 15) is 9.59 Å². The molecule has 2 aromatic rings. The molecule has 3 N–H and O–H groups in total. The van der Waals surface area contributed by atoms with Gasteiger partial charge in [0.1, 0.15) is 0 Å². The molecule has 0 bridgehead atoms. The Hall–Kier alpha value is -2.53. The number of rotatable bonds is 3. The van der Waals surface area contributed by atoms with E-state index in [4.69, 9.17) is 16.7 Å². The Kier molecular flexibility index (Phi) is 3.73. The molecule has 0 spiro atoms. The fraction of sp³-hybridized carbons (Fsp3) is 0.125. The lowest BCUT2D eigenvalue weighted by molar-refractivity contribution is 0.0697. The molecule has 0 unspecified atom stereocenters. The number of carbonyl (C=O) groups is 2. The minimum atomic E-state index is -1.10. The molecular formula is C16H13ClN2O3. The zero-order valence-corrected chi connectivity index (χ0v) is 12.3. The third kappa shape index (κ3) is 2.76. The summed E-state index contributed by atoms with van der Waals surface area (Å²) in [4.78, 5) is 23.2. The van der Waals surface area contributed by atoms with E-state index in [0.29, 0.717) is 11.3 Å². The monoisotopic (exact) mass is 316 g/mol. The van der Waals surface area contributed by atoms with E-state index in [-0.39, 0.29) is 16.5 Å². The fourth-order valence-corrected chi connectivity index (χ4v) is 2.66. The van der Waals surface area contributed by atoms with Gasteiger partial charge in [-0.2, -0.15) is 0 Å². The highest BCUT2D eigenvalue weighted by Gasteiger charge is 2.14. The number of nitrogens with one attached hydrogen (secondary N) is 2. The van der Waals surface area contributed by atoms with Gasteiger partial charge in [0, 0.05) is 23.5 Å². The number of carboxylic acids is 1. The van der Waals surface area contributed by atoms with Crippen LogP contribution in [0.2, 0.25) is 5.02 Å². The van der Waals surface area contributed by atoms with Crippen LogP contribution in [0.4, 0.5) is 11.4 Å². The van der Waals surface area contributed by atoms with Crippen molar-refractivity contribution in [1.82, 2.24) is 0 Å². The standard InChI is InChI=1S/C16H13ClN2O3/c17-13-8-11(3-4-12(13)16(21)22)19-15(20)10-2-1-9-5-6-18-14(9)7-10/h1-4,7-8,18H,5-6H2,(H,19,20)(H,21,22). The van der Waals surface area contributed by atoms with Gasteiger partial charge in [-0.05, 0) is 42.3 Å². The normalized spacial score (nSPS) is 12.4. The van der Waals surface area contributed by atoms with Crippen molar-refractivity contribution >= 4 is 34.9 Å². The number of carbonyl (C=O) groups excluding carboxylic acids is 1. The molecule has 0 aromatic heterocycles. The minimum Gasteiger partial charge on any atom is -0.478 e. The number of amides is 1. The molecule has 0 saturated carbocycles. The van der Waals surface area contributed by atoms with Gasteiger partial charge in [0.2, 0.25) is 0 Å². The van der Waals surface area contributed by atoms with Crippen LogP contribution in [0.5, 0.6) is 0 Å². The number of fused-ring (bicyclic) bond motifs is 1. The first-order valence-electron chi connectivity index (χ1n) is 6.75. The van der Waals surface area contributed by atoms with Crippen molar-refractivity contribution in [3.8, 4) is 0 Å². The maximum atomic E-state index is 12.2. The zero-order valence-electron chi connectivity index (χ0n) is 11.5. The first kappa shape index (κ1) is 14.4. The highest BCUT2D eigenvalue weighted by atomic mass is 35.5. The van der Waals surface area contributed by atoms with Gasteiger partial charge in [-0.3, -0.25) is 4.79 Å². The zero-order chi connectivity index (χ0) is 15.7. The number of halogens is 1. The SMILES string of the molecule is O=C(Nc1ccc(C(=O)O)c(Cl)c1)c1ccc2c(c1)NCC2. The predicted octanol–water partition coefficient (Wildman–Crippen LogP) is 3.26. The van der Waals surface area contributed by atoms with E-state index in [2.05, 4.69) is 10.6 Å². The van der Waals surface area contributed by atoms with Gasteiger partial charge < -0.3 is 15.7 Å². The van der Waals surface area contributed by atoms with Gasteiger partial charge in [0.05, 0.1) is 10.6 Å². The highest BCUT2D eigenvalue weighted by molar-refractivity contribution is 6.33. The van der Waals surface area contributed by atoms with E-state index in [1.807, 2.05) is 12.1 Å². The molecule has 0 saturated heterocycles. The molecule has 2 aromatic carbocycles. The largest absolute Gasteiger partial charge is 0.478 e. The smallest absolute Gasteiger partial charge is 0.337 e. The quantitative estimate of drug-likeness (QED) is 0.812. The molecule has 1 amide bonds. The summed E-state index contributed by atoms with van der Waals surface area (Å²) >= 11 is 5.89. The molecule has 1 aliphatic rings. The molecule has 112 valence electrons. The van der Waals surface area contributed by atoms with Gasteiger partial charge in [0.15, 0.2) is 0 Å². The Labute approximate surface area is 131 Å². The van der Waals surface area contributed by atoms with Crippen molar-refractivity contribution in [3.05, 3.63) is 58.1 Å². The highest BCUT2D eigenvalue weighted by Crippen LogP contribution is 2.25. The van der Waals surface area contributed by atoms with Gasteiger partial charge >= 0.3 is 5.97 Å². The molecule has 0 aliphatic carbocycles. The van der Waals surface area contributed by atoms with Crippen LogP contribution in [0, 0.1) is 0 Å². The van der Waals surface area contributed by atoms with Crippen LogP contribution in [0.3, 0.4) is 0 Å². The molecular weight excluding hydrogens is 304 g/mol. The van der Waals surface area contributed by atoms with Crippen molar-refractivity contribution in [2.45, 2.75) is 6.42 Å². The van der Waals surface area contributed by atoms with E-state index >= 15 is 0 Å². The van der Waals surface area contributed by atoms with Crippen LogP contribution < -0.4 is 10.6 Å². The Morgan fingerprint density at radius 2 is 2.00 bits per heavy atom. The summed E-state index contributed by atoms with van der Waals surface area (Å²) in [7, 11) is 0. The lowest BCUT2D eigenvalue weighted by atomic mass is 10.1. The Morgan fingerprint density at radius 3 is 2.73 bits per heavy atom. The first-order chi connectivity index (χ1) is 10.5. The average molecular weight is 317 g/mol. The van der Waals surface area contributed by atoms with Crippen molar-refractivity contribution in [2.75, 3.05) is 17.2 Å². The molecule has 1 heterocycles. The summed E-state index contributed by atoms with van der Waals surface area (Å²) in [6.07, 6.45) is 0.962. The second kappa shape index (κ2) is 5.69. The number of carboxylic acid groups (broad SMARTS) is 1. The summed E-state index contributed by atoms with van der Waals surface area (Å²) < 4.78 is 0. The topological polar surface area (TPSA) is 78.4 Å². The first-order valence-corrected chi connectivity index (χ1v) is 7.13. The third-order valence-corrected chi connectivity index (χ3v) is 3.85. The Morgan fingerprint density at radius 1 is 1.18 bits per heavy atom. The number of benzene rings is 2. The predicted molar refractivity (Wildman–Crippen MR) is 85.0 cm³/mol. The van der Waals surface area contributed by atoms with Gasteiger partial charge in [0.25, 0.3) is 5.91 Å². The maximum absolute atomic E-state index is 12.2. The number of aromatic carboxylic acids is 1. The summed E-state index contributed by atoms with van der Waals surface area (Å²) in [6, 6.07) is 9.82. The van der Waals surface area contributed by atoms with Crippen LogP contribution in [0.15, 0.2) is 36.4 Å². The van der Waals surface area contributed by atoms with Crippen LogP contribution in [-0.4, -0.2) is 23.5 Å². The lowest BCUT2D eigenvalue weighted by Crippen LogP contribution is -2.12. The lowest BCUT2D eigenvalue weighted by Gasteiger charge is -2.08. The number of hydrogen-bond donors (Lipinski definition) is 3. The second-order valence-corrected chi connectivity index (χ2v) is 5.41. The molecule has 0 fully saturated rings. The number of anilines is 2. The molecule has 3 rings (SSSR count). The average Bonchev–Trinajstić information content (AvgIpc) is 2.94. The van der Waals surface area contributed by atoms with Crippen LogP contribution in [0.1, 0.15) is 26.3 Å². The number of hydrogen-bond acceptors (Lipinski definition) is 3. The summed E-state index contributed by atoms with van der Waals surface area (Å²) in [6.45, 7) is 0.882. The minimum absolute atomic E-state index is 0.00129. The molecule has 22 heavy (non-hydrogen) atoms. The summed E-state index contributed by atoms with van der Waals surface area (Å²) in [5.74, 6) is -1.37. The van der Waals surface area contributed by atoms with E-state index in [0.717, 1.165) is 18.7 Å². The van der Waals surface area contributed by atoms with Crippen LogP contribution in [-0.2, 0) is 6.42 Å². The third-order valence-electron chi connectivity index (χ3n) is 3.54. The van der Waals surface area contributed by atoms with E-state index < -0.39 is 5.97 Å². The molecule has 0 atom stereocenters. The summed E-state index contributed by atoms with van der Waals surface area (Å²) in [5.41, 5.74) is 3.17. The Bertz CT molecular complexity index is 774. The summed E-state index contributed by atoms with van der Waals surface area (Å²) in [5, 5.41) is 14.9. The van der Waals surface area contributed by atoms with Crippen molar-refractivity contribution < 1.29 is 14.7 Å². The fourth-order valence-electron chi connectivity index (χ4n) is 2.40. The Balaban J connectivity index is 1.79. The van der Waals surface area contributed by atoms with Gasteiger partial charge in [-0.1, -0.05) is 17.7 Å². The molecule has 1 aliphatic heterocycles. The van der Waals surface area contributed by atoms with E-state index in [1.165, 1.54) is 23.8 Å².